The Bertz CT molecular complexity index is 654. The molecule has 0 aliphatic rings. The summed E-state index contributed by atoms with van der Waals surface area (Å²) >= 11 is 5.90. The van der Waals surface area contributed by atoms with Crippen molar-refractivity contribution in [3.63, 3.8) is 0 Å². The predicted molar refractivity (Wildman–Crippen MR) is 72.1 cm³/mol. The van der Waals surface area contributed by atoms with Gasteiger partial charge in [0.15, 0.2) is 0 Å². The van der Waals surface area contributed by atoms with Gasteiger partial charge in [0.1, 0.15) is 0 Å². The van der Waals surface area contributed by atoms with Crippen LogP contribution < -0.4 is 5.14 Å². The Kier molecular flexibility index (Phi) is 3.71. The van der Waals surface area contributed by atoms with Gasteiger partial charge in [0.25, 0.3) is 0 Å². The van der Waals surface area contributed by atoms with Crippen LogP contribution in [0.25, 0.3) is 0 Å². The Morgan fingerprint density at radius 2 is 1.72 bits per heavy atom. The van der Waals surface area contributed by atoms with E-state index in [1.54, 1.807) is 6.07 Å². The van der Waals surface area contributed by atoms with Gasteiger partial charge in [-0.25, -0.2) is 13.6 Å². The van der Waals surface area contributed by atoms with E-state index in [9.17, 15) is 8.42 Å². The smallest absolute Gasteiger partial charge is 0.225 e. The van der Waals surface area contributed by atoms with Crippen LogP contribution >= 0.6 is 11.6 Å². The van der Waals surface area contributed by atoms with Crippen molar-refractivity contribution in [2.45, 2.75) is 11.3 Å². The molecule has 2 aromatic carbocycles. The van der Waals surface area contributed by atoms with Gasteiger partial charge in [-0.1, -0.05) is 41.9 Å². The van der Waals surface area contributed by atoms with Crippen LogP contribution in [0.4, 0.5) is 0 Å². The molecule has 18 heavy (non-hydrogen) atoms. The van der Waals surface area contributed by atoms with Gasteiger partial charge in [0, 0.05) is 5.02 Å². The molecule has 0 saturated carbocycles. The average Bonchev–Trinajstić information content (AvgIpc) is 2.28. The Morgan fingerprint density at radius 3 is 2.33 bits per heavy atom. The minimum absolute atomic E-state index is 0.121. The Labute approximate surface area is 111 Å². The van der Waals surface area contributed by atoms with Crippen LogP contribution in [-0.4, -0.2) is 8.42 Å². The van der Waals surface area contributed by atoms with Crippen LogP contribution in [0, 0.1) is 0 Å². The lowest BCUT2D eigenvalue weighted by Gasteiger charge is -2.08. The third-order valence-corrected chi connectivity index (χ3v) is 3.81. The number of rotatable bonds is 3. The molecule has 0 atom stereocenters. The lowest BCUT2D eigenvalue weighted by Crippen LogP contribution is -2.14. The topological polar surface area (TPSA) is 60.2 Å². The van der Waals surface area contributed by atoms with E-state index in [0.29, 0.717) is 17.0 Å². The van der Waals surface area contributed by atoms with Gasteiger partial charge in [0.05, 0.1) is 4.90 Å². The highest BCUT2D eigenvalue weighted by atomic mass is 35.5. The maximum absolute atomic E-state index is 11.5. The largest absolute Gasteiger partial charge is 0.238 e. The van der Waals surface area contributed by atoms with Gasteiger partial charge >= 0.3 is 0 Å². The monoisotopic (exact) mass is 281 g/mol. The third-order valence-electron chi connectivity index (χ3n) is 2.57. The van der Waals surface area contributed by atoms with Crippen molar-refractivity contribution in [3.8, 4) is 0 Å². The van der Waals surface area contributed by atoms with Crippen LogP contribution in [0.15, 0.2) is 53.4 Å². The second kappa shape index (κ2) is 5.10. The molecule has 5 heteroatoms. The summed E-state index contributed by atoms with van der Waals surface area (Å²) in [6.07, 6.45) is 0.479. The van der Waals surface area contributed by atoms with E-state index in [-0.39, 0.29) is 4.90 Å². The molecule has 0 saturated heterocycles. The van der Waals surface area contributed by atoms with E-state index >= 15 is 0 Å². The maximum Gasteiger partial charge on any atom is 0.238 e. The van der Waals surface area contributed by atoms with Gasteiger partial charge in [-0.3, -0.25) is 0 Å². The predicted octanol–water partition coefficient (Wildman–Crippen LogP) is 2.58. The van der Waals surface area contributed by atoms with E-state index in [0.717, 1.165) is 5.56 Å². The van der Waals surface area contributed by atoms with Crippen LogP contribution in [0.5, 0.6) is 0 Å². The zero-order valence-corrected chi connectivity index (χ0v) is 11.1. The normalized spacial score (nSPS) is 11.4. The van der Waals surface area contributed by atoms with E-state index in [1.165, 1.54) is 12.1 Å². The quantitative estimate of drug-likeness (QED) is 0.940. The summed E-state index contributed by atoms with van der Waals surface area (Å²) in [4.78, 5) is 0.121. The first-order valence-electron chi connectivity index (χ1n) is 5.32. The Balaban J connectivity index is 2.47. The highest BCUT2D eigenvalue weighted by molar-refractivity contribution is 7.89. The molecule has 3 nitrogen and oxygen atoms in total. The van der Waals surface area contributed by atoms with Crippen molar-refractivity contribution in [2.75, 3.05) is 0 Å². The number of hydrogen-bond acceptors (Lipinski definition) is 2. The van der Waals surface area contributed by atoms with Crippen LogP contribution in [-0.2, 0) is 16.4 Å². The molecule has 2 N–H and O–H groups in total. The summed E-state index contributed by atoms with van der Waals surface area (Å²) in [6, 6.07) is 14.1. The number of sulfonamides is 1. The second-order valence-electron chi connectivity index (χ2n) is 3.96. The first-order valence-corrected chi connectivity index (χ1v) is 7.24. The van der Waals surface area contributed by atoms with Crippen molar-refractivity contribution < 1.29 is 8.42 Å². The molecule has 0 aliphatic heterocycles. The van der Waals surface area contributed by atoms with Crippen LogP contribution in [0.1, 0.15) is 11.1 Å². The van der Waals surface area contributed by atoms with E-state index in [4.69, 9.17) is 16.7 Å². The van der Waals surface area contributed by atoms with Crippen molar-refractivity contribution in [2.24, 2.45) is 5.14 Å². The fraction of sp³-hybridized carbons (Fsp3) is 0.0769. The van der Waals surface area contributed by atoms with Gasteiger partial charge in [0.2, 0.25) is 10.0 Å². The highest BCUT2D eigenvalue weighted by Crippen LogP contribution is 2.22. The zero-order valence-electron chi connectivity index (χ0n) is 9.51. The summed E-state index contributed by atoms with van der Waals surface area (Å²) in [6.45, 7) is 0. The van der Waals surface area contributed by atoms with E-state index in [2.05, 4.69) is 0 Å². The number of benzene rings is 2. The Morgan fingerprint density at radius 1 is 1.06 bits per heavy atom. The molecule has 0 spiro atoms. The fourth-order valence-electron chi connectivity index (χ4n) is 1.78. The molecular weight excluding hydrogens is 270 g/mol. The number of primary sulfonamides is 1. The third kappa shape index (κ3) is 3.10. The van der Waals surface area contributed by atoms with Crippen molar-refractivity contribution in [1.29, 1.82) is 0 Å². The standard InChI is InChI=1S/C13H12ClNO2S/c14-12-6-7-13(18(15,16)17)11(9-12)8-10-4-2-1-3-5-10/h1-7,9H,8H2,(H2,15,16,17). The van der Waals surface area contributed by atoms with Crippen molar-refractivity contribution >= 4 is 21.6 Å². The van der Waals surface area contributed by atoms with Gasteiger partial charge < -0.3 is 0 Å². The number of nitrogens with two attached hydrogens (primary N) is 1. The molecule has 0 aromatic heterocycles. The molecular formula is C13H12ClNO2S. The fourth-order valence-corrected chi connectivity index (χ4v) is 2.73. The summed E-state index contributed by atoms with van der Waals surface area (Å²) in [7, 11) is -3.73. The SMILES string of the molecule is NS(=O)(=O)c1ccc(Cl)cc1Cc1ccccc1. The van der Waals surface area contributed by atoms with Crippen LogP contribution in [0.2, 0.25) is 5.02 Å². The molecule has 0 fully saturated rings. The molecule has 94 valence electrons. The number of hydrogen-bond donors (Lipinski definition) is 1. The second-order valence-corrected chi connectivity index (χ2v) is 5.93. The maximum atomic E-state index is 11.5. The number of halogens is 1. The summed E-state index contributed by atoms with van der Waals surface area (Å²) in [5, 5.41) is 5.68. The molecule has 0 aliphatic carbocycles. The molecule has 2 rings (SSSR count). The van der Waals surface area contributed by atoms with E-state index in [1.807, 2.05) is 30.3 Å². The molecule has 0 amide bonds. The summed E-state index contributed by atoms with van der Waals surface area (Å²) in [5.74, 6) is 0. The molecule has 0 heterocycles. The minimum atomic E-state index is -3.73. The lowest BCUT2D eigenvalue weighted by atomic mass is 10.1. The molecule has 2 aromatic rings. The zero-order chi connectivity index (χ0) is 13.2. The van der Waals surface area contributed by atoms with E-state index < -0.39 is 10.0 Å². The molecule has 0 unspecified atom stereocenters. The summed E-state index contributed by atoms with van der Waals surface area (Å²) in [5.41, 5.74) is 1.61. The van der Waals surface area contributed by atoms with Gasteiger partial charge in [-0.2, -0.15) is 0 Å². The molecule has 0 bridgehead atoms. The summed E-state index contributed by atoms with van der Waals surface area (Å²) < 4.78 is 23.0. The average molecular weight is 282 g/mol. The van der Waals surface area contributed by atoms with Gasteiger partial charge in [-0.15, -0.1) is 0 Å². The molecule has 0 radical (unpaired) electrons. The first kappa shape index (κ1) is 13.1. The van der Waals surface area contributed by atoms with Crippen molar-refractivity contribution in [3.05, 3.63) is 64.7 Å². The van der Waals surface area contributed by atoms with Crippen molar-refractivity contribution in [1.82, 2.24) is 0 Å². The minimum Gasteiger partial charge on any atom is -0.225 e. The van der Waals surface area contributed by atoms with Gasteiger partial charge in [-0.05, 0) is 35.7 Å². The lowest BCUT2D eigenvalue weighted by molar-refractivity contribution is 0.597. The first-order chi connectivity index (χ1) is 8.47. The van der Waals surface area contributed by atoms with Crippen LogP contribution in [0.3, 0.4) is 0 Å². The Hall–Kier alpha value is -1.36. The highest BCUT2D eigenvalue weighted by Gasteiger charge is 2.14.